The molecule has 1 nitrogen and oxygen atoms in total. The second-order valence-electron chi connectivity index (χ2n) is 5.03. The van der Waals surface area contributed by atoms with Gasteiger partial charge in [0.15, 0.2) is 0 Å². The highest BCUT2D eigenvalue weighted by molar-refractivity contribution is 4.73. The summed E-state index contributed by atoms with van der Waals surface area (Å²) in [6.45, 7) is 11.0. The van der Waals surface area contributed by atoms with Crippen LogP contribution < -0.4 is 0 Å². The molecule has 84 valence electrons. The van der Waals surface area contributed by atoms with Crippen LogP contribution in [-0.2, 0) is 0 Å². The highest BCUT2D eigenvalue weighted by Crippen LogP contribution is 2.25. The van der Waals surface area contributed by atoms with E-state index in [1.165, 1.54) is 51.7 Å². The average Bonchev–Trinajstić information content (AvgIpc) is 2.21. The Kier molecular flexibility index (Phi) is 5.54. The average molecular weight is 197 g/mol. The first-order valence-electron chi connectivity index (χ1n) is 6.48. The van der Waals surface area contributed by atoms with Crippen LogP contribution in [0.4, 0.5) is 0 Å². The van der Waals surface area contributed by atoms with E-state index >= 15 is 0 Å². The molecule has 0 spiro atoms. The smallest absolute Gasteiger partial charge is 0.00161 e. The molecular weight excluding hydrogens is 170 g/mol. The fraction of sp³-hybridized carbons (Fsp3) is 1.00. The van der Waals surface area contributed by atoms with Gasteiger partial charge in [-0.05, 0) is 57.2 Å². The van der Waals surface area contributed by atoms with Crippen molar-refractivity contribution in [2.45, 2.75) is 52.9 Å². The highest BCUT2D eigenvalue weighted by atomic mass is 15.1. The summed E-state index contributed by atoms with van der Waals surface area (Å²) in [4.78, 5) is 2.63. The lowest BCUT2D eigenvalue weighted by molar-refractivity contribution is 0.168. The van der Waals surface area contributed by atoms with Crippen molar-refractivity contribution < 1.29 is 0 Å². The summed E-state index contributed by atoms with van der Waals surface area (Å²) < 4.78 is 0. The molecule has 1 rings (SSSR count). The first kappa shape index (κ1) is 12.0. The number of hydrogen-bond donors (Lipinski definition) is 0. The molecule has 1 unspecified atom stereocenters. The molecule has 1 heterocycles. The summed E-state index contributed by atoms with van der Waals surface area (Å²) in [5, 5.41) is 0. The van der Waals surface area contributed by atoms with Crippen molar-refractivity contribution in [3.63, 3.8) is 0 Å². The van der Waals surface area contributed by atoms with Crippen molar-refractivity contribution in [1.82, 2.24) is 4.90 Å². The minimum Gasteiger partial charge on any atom is -0.303 e. The summed E-state index contributed by atoms with van der Waals surface area (Å²) in [6, 6.07) is 0. The molecule has 1 saturated heterocycles. The standard InChI is InChI=1S/C13H27N/c1-4-8-14-9-6-13(7-10-14)11-12(3)5-2/h12-13H,4-11H2,1-3H3. The van der Waals surface area contributed by atoms with Crippen molar-refractivity contribution in [2.24, 2.45) is 11.8 Å². The van der Waals surface area contributed by atoms with Crippen molar-refractivity contribution in [3.05, 3.63) is 0 Å². The maximum absolute atomic E-state index is 2.63. The summed E-state index contributed by atoms with van der Waals surface area (Å²) in [6.07, 6.45) is 7.04. The van der Waals surface area contributed by atoms with E-state index in [1.54, 1.807) is 0 Å². The number of likely N-dealkylation sites (tertiary alicyclic amines) is 1. The van der Waals surface area contributed by atoms with Crippen LogP contribution in [-0.4, -0.2) is 24.5 Å². The predicted octanol–water partition coefficient (Wildman–Crippen LogP) is 3.54. The van der Waals surface area contributed by atoms with Crippen LogP contribution in [0.5, 0.6) is 0 Å². The van der Waals surface area contributed by atoms with Gasteiger partial charge in [-0.25, -0.2) is 0 Å². The Bertz CT molecular complexity index is 136. The van der Waals surface area contributed by atoms with E-state index in [1.807, 2.05) is 0 Å². The van der Waals surface area contributed by atoms with Crippen LogP contribution in [0, 0.1) is 11.8 Å². The topological polar surface area (TPSA) is 3.24 Å². The maximum Gasteiger partial charge on any atom is -0.00161 e. The normalized spacial score (nSPS) is 22.5. The monoisotopic (exact) mass is 197 g/mol. The number of hydrogen-bond acceptors (Lipinski definition) is 1. The first-order valence-corrected chi connectivity index (χ1v) is 6.48. The lowest BCUT2D eigenvalue weighted by Crippen LogP contribution is -2.34. The molecule has 1 fully saturated rings. The van der Waals surface area contributed by atoms with Gasteiger partial charge in [-0.3, -0.25) is 0 Å². The van der Waals surface area contributed by atoms with E-state index in [9.17, 15) is 0 Å². The third-order valence-electron chi connectivity index (χ3n) is 3.68. The Morgan fingerprint density at radius 3 is 2.36 bits per heavy atom. The second-order valence-corrected chi connectivity index (χ2v) is 5.03. The van der Waals surface area contributed by atoms with E-state index in [0.29, 0.717) is 0 Å². The Labute approximate surface area is 89.9 Å². The van der Waals surface area contributed by atoms with Gasteiger partial charge in [0.25, 0.3) is 0 Å². The quantitative estimate of drug-likeness (QED) is 0.651. The zero-order valence-electron chi connectivity index (χ0n) is 10.3. The minimum atomic E-state index is 0.942. The highest BCUT2D eigenvalue weighted by Gasteiger charge is 2.19. The van der Waals surface area contributed by atoms with E-state index in [4.69, 9.17) is 0 Å². The van der Waals surface area contributed by atoms with Gasteiger partial charge in [0.1, 0.15) is 0 Å². The van der Waals surface area contributed by atoms with Gasteiger partial charge in [-0.1, -0.05) is 27.2 Å². The summed E-state index contributed by atoms with van der Waals surface area (Å²) in [5.41, 5.74) is 0. The zero-order chi connectivity index (χ0) is 10.4. The Morgan fingerprint density at radius 2 is 1.86 bits per heavy atom. The van der Waals surface area contributed by atoms with Crippen molar-refractivity contribution in [1.29, 1.82) is 0 Å². The molecule has 0 N–H and O–H groups in total. The van der Waals surface area contributed by atoms with Crippen molar-refractivity contribution in [2.75, 3.05) is 19.6 Å². The third-order valence-corrected chi connectivity index (χ3v) is 3.68. The van der Waals surface area contributed by atoms with Crippen LogP contribution in [0.25, 0.3) is 0 Å². The van der Waals surface area contributed by atoms with Crippen LogP contribution >= 0.6 is 0 Å². The molecule has 0 saturated carbocycles. The largest absolute Gasteiger partial charge is 0.303 e. The van der Waals surface area contributed by atoms with Crippen molar-refractivity contribution >= 4 is 0 Å². The lowest BCUT2D eigenvalue weighted by atomic mass is 9.87. The third kappa shape index (κ3) is 4.00. The lowest BCUT2D eigenvalue weighted by Gasteiger charge is -2.32. The number of nitrogens with zero attached hydrogens (tertiary/aromatic N) is 1. The second kappa shape index (κ2) is 6.44. The SMILES string of the molecule is CCCN1CCC(CC(C)CC)CC1. The zero-order valence-corrected chi connectivity index (χ0v) is 10.3. The molecular formula is C13H27N. The van der Waals surface area contributed by atoms with E-state index in [0.717, 1.165) is 11.8 Å². The fourth-order valence-electron chi connectivity index (χ4n) is 2.50. The molecule has 0 aromatic rings. The van der Waals surface area contributed by atoms with E-state index in [-0.39, 0.29) is 0 Å². The number of rotatable bonds is 5. The molecule has 0 aromatic carbocycles. The summed E-state index contributed by atoms with van der Waals surface area (Å²) >= 11 is 0. The molecule has 1 aliphatic heterocycles. The Balaban J connectivity index is 2.15. The van der Waals surface area contributed by atoms with Gasteiger partial charge in [0.2, 0.25) is 0 Å². The van der Waals surface area contributed by atoms with Gasteiger partial charge in [0.05, 0.1) is 0 Å². The molecule has 1 aliphatic rings. The van der Waals surface area contributed by atoms with E-state index in [2.05, 4.69) is 25.7 Å². The molecule has 0 radical (unpaired) electrons. The van der Waals surface area contributed by atoms with Gasteiger partial charge in [-0.15, -0.1) is 0 Å². The molecule has 0 aliphatic carbocycles. The Hall–Kier alpha value is -0.0400. The maximum atomic E-state index is 2.63. The minimum absolute atomic E-state index is 0.942. The molecule has 1 atom stereocenters. The van der Waals surface area contributed by atoms with E-state index < -0.39 is 0 Å². The van der Waals surface area contributed by atoms with Gasteiger partial charge < -0.3 is 4.90 Å². The molecule has 0 aromatic heterocycles. The molecule has 14 heavy (non-hydrogen) atoms. The van der Waals surface area contributed by atoms with Crippen LogP contribution in [0.3, 0.4) is 0 Å². The fourth-order valence-corrected chi connectivity index (χ4v) is 2.50. The van der Waals surface area contributed by atoms with Crippen molar-refractivity contribution in [3.8, 4) is 0 Å². The van der Waals surface area contributed by atoms with Gasteiger partial charge in [-0.2, -0.15) is 0 Å². The summed E-state index contributed by atoms with van der Waals surface area (Å²) in [5.74, 6) is 1.97. The van der Waals surface area contributed by atoms with Crippen LogP contribution in [0.2, 0.25) is 0 Å². The molecule has 1 heteroatoms. The predicted molar refractivity (Wildman–Crippen MR) is 63.5 cm³/mol. The molecule has 0 bridgehead atoms. The first-order chi connectivity index (χ1) is 6.76. The summed E-state index contributed by atoms with van der Waals surface area (Å²) in [7, 11) is 0. The van der Waals surface area contributed by atoms with Gasteiger partial charge in [0, 0.05) is 0 Å². The Morgan fingerprint density at radius 1 is 1.21 bits per heavy atom. The van der Waals surface area contributed by atoms with Crippen LogP contribution in [0.1, 0.15) is 52.9 Å². The molecule has 0 amide bonds. The van der Waals surface area contributed by atoms with Gasteiger partial charge >= 0.3 is 0 Å². The number of piperidine rings is 1. The van der Waals surface area contributed by atoms with Crippen LogP contribution in [0.15, 0.2) is 0 Å².